The lowest BCUT2D eigenvalue weighted by Gasteiger charge is -2.28. The number of benzene rings is 2. The van der Waals surface area contributed by atoms with E-state index in [2.05, 4.69) is 15.5 Å². The van der Waals surface area contributed by atoms with Crippen molar-refractivity contribution < 1.29 is 22.7 Å². The molecule has 0 spiro atoms. The molecule has 34 heavy (non-hydrogen) atoms. The minimum Gasteiger partial charge on any atom is -0.497 e. The molecule has 3 rings (SSSR count). The molecule has 1 fully saturated rings. The maximum Gasteiger partial charge on any atom is 0.251 e. The Hall–Kier alpha value is -2.95. The highest BCUT2D eigenvalue weighted by Gasteiger charge is 2.24. The van der Waals surface area contributed by atoms with E-state index in [0.717, 1.165) is 41.5 Å². The Morgan fingerprint density at radius 2 is 1.74 bits per heavy atom. The molecule has 2 aromatic carbocycles. The number of hydrogen-bond donors (Lipinski definition) is 2. The lowest BCUT2D eigenvalue weighted by atomic mass is 10.1. The first kappa shape index (κ1) is 25.7. The molecular formula is C24H32N4O5S. The van der Waals surface area contributed by atoms with E-state index in [0.29, 0.717) is 6.54 Å². The van der Waals surface area contributed by atoms with Gasteiger partial charge in [-0.3, -0.25) is 14.5 Å². The second-order valence-electron chi connectivity index (χ2n) is 8.33. The molecule has 1 heterocycles. The van der Waals surface area contributed by atoms with Crippen LogP contribution in [0.25, 0.3) is 0 Å². The molecule has 10 heteroatoms. The summed E-state index contributed by atoms with van der Waals surface area (Å²) in [4.78, 5) is 27.3. The van der Waals surface area contributed by atoms with Crippen molar-refractivity contribution in [1.82, 2.24) is 19.8 Å². The number of carbonyl (C=O) groups excluding carboxylic acids is 2. The third kappa shape index (κ3) is 6.34. The van der Waals surface area contributed by atoms with Crippen LogP contribution in [0.1, 0.15) is 34.8 Å². The van der Waals surface area contributed by atoms with Crippen molar-refractivity contribution in [2.45, 2.75) is 23.8 Å². The molecular weight excluding hydrogens is 456 g/mol. The average Bonchev–Trinajstić information content (AvgIpc) is 3.37. The van der Waals surface area contributed by atoms with E-state index >= 15 is 0 Å². The fourth-order valence-corrected chi connectivity index (χ4v) is 4.83. The number of likely N-dealkylation sites (tertiary alicyclic amines) is 1. The molecule has 1 atom stereocenters. The zero-order valence-electron chi connectivity index (χ0n) is 19.8. The van der Waals surface area contributed by atoms with Gasteiger partial charge in [0.2, 0.25) is 15.9 Å². The second kappa shape index (κ2) is 11.5. The van der Waals surface area contributed by atoms with Crippen LogP contribution in [-0.4, -0.2) is 76.8 Å². The molecule has 2 N–H and O–H groups in total. The second-order valence-corrected chi connectivity index (χ2v) is 10.5. The van der Waals surface area contributed by atoms with Crippen LogP contribution >= 0.6 is 0 Å². The van der Waals surface area contributed by atoms with Crippen molar-refractivity contribution in [3.63, 3.8) is 0 Å². The molecule has 1 aliphatic rings. The van der Waals surface area contributed by atoms with Gasteiger partial charge in [0.25, 0.3) is 5.91 Å². The van der Waals surface area contributed by atoms with Gasteiger partial charge in [-0.2, -0.15) is 0 Å². The predicted molar refractivity (Wildman–Crippen MR) is 129 cm³/mol. The summed E-state index contributed by atoms with van der Waals surface area (Å²) in [5, 5.41) is 5.48. The normalized spacial score (nSPS) is 15.2. The molecule has 9 nitrogen and oxygen atoms in total. The first-order valence-electron chi connectivity index (χ1n) is 11.2. The Morgan fingerprint density at radius 3 is 2.35 bits per heavy atom. The zero-order valence-corrected chi connectivity index (χ0v) is 20.6. The number of hydrogen-bond acceptors (Lipinski definition) is 6. The number of nitrogens with one attached hydrogen (secondary N) is 2. The Balaban J connectivity index is 1.58. The SMILES string of the molecule is COc1ccc(C(CNC(=O)CNC(=O)c2cccc(S(=O)(=O)N(C)C)c2)N2CCCC2)cc1. The highest BCUT2D eigenvalue weighted by atomic mass is 32.2. The molecule has 1 aliphatic heterocycles. The standard InChI is InChI=1S/C24H32N4O5S/c1-27(2)34(31,32)21-8-6-7-19(15-21)24(30)26-17-23(29)25-16-22(28-13-4-5-14-28)18-9-11-20(33-3)12-10-18/h6-12,15,22H,4-5,13-14,16-17H2,1-3H3,(H,25,29)(H,26,30). The summed E-state index contributed by atoms with van der Waals surface area (Å²) in [6.07, 6.45) is 2.25. The van der Waals surface area contributed by atoms with Gasteiger partial charge in [0.15, 0.2) is 0 Å². The number of methoxy groups -OCH3 is 1. The van der Waals surface area contributed by atoms with Gasteiger partial charge in [0.05, 0.1) is 24.6 Å². The average molecular weight is 489 g/mol. The Bertz CT molecular complexity index is 1100. The summed E-state index contributed by atoms with van der Waals surface area (Å²) in [5.41, 5.74) is 1.26. The predicted octanol–water partition coefficient (Wildman–Crippen LogP) is 1.63. The molecule has 0 bridgehead atoms. The summed E-state index contributed by atoms with van der Waals surface area (Å²) in [7, 11) is 0.813. The van der Waals surface area contributed by atoms with E-state index in [1.165, 1.54) is 38.4 Å². The number of carbonyl (C=O) groups is 2. The topological polar surface area (TPSA) is 108 Å². The van der Waals surface area contributed by atoms with Crippen LogP contribution in [0.15, 0.2) is 53.4 Å². The smallest absolute Gasteiger partial charge is 0.251 e. The Labute approximate surface area is 201 Å². The van der Waals surface area contributed by atoms with Gasteiger partial charge in [0.1, 0.15) is 5.75 Å². The van der Waals surface area contributed by atoms with Crippen LogP contribution in [0, 0.1) is 0 Å². The number of sulfonamides is 1. The minimum atomic E-state index is -3.66. The highest BCUT2D eigenvalue weighted by Crippen LogP contribution is 2.26. The summed E-state index contributed by atoms with van der Waals surface area (Å²) in [6, 6.07) is 13.6. The molecule has 1 unspecified atom stereocenters. The van der Waals surface area contributed by atoms with Gasteiger partial charge in [0, 0.05) is 26.2 Å². The van der Waals surface area contributed by atoms with Gasteiger partial charge < -0.3 is 15.4 Å². The molecule has 2 aromatic rings. The van der Waals surface area contributed by atoms with E-state index in [1.807, 2.05) is 24.3 Å². The van der Waals surface area contributed by atoms with E-state index in [9.17, 15) is 18.0 Å². The minimum absolute atomic E-state index is 0.0162. The summed E-state index contributed by atoms with van der Waals surface area (Å²) >= 11 is 0. The van der Waals surface area contributed by atoms with E-state index in [-0.39, 0.29) is 29.0 Å². The Kier molecular flexibility index (Phi) is 8.65. The number of nitrogens with zero attached hydrogens (tertiary/aromatic N) is 2. The summed E-state index contributed by atoms with van der Waals surface area (Å²) < 4.78 is 30.9. The molecule has 2 amide bonds. The maximum atomic E-state index is 12.5. The lowest BCUT2D eigenvalue weighted by molar-refractivity contribution is -0.120. The van der Waals surface area contributed by atoms with Gasteiger partial charge in [-0.15, -0.1) is 0 Å². The van der Waals surface area contributed by atoms with Crippen LogP contribution in [0.3, 0.4) is 0 Å². The van der Waals surface area contributed by atoms with Gasteiger partial charge >= 0.3 is 0 Å². The first-order chi connectivity index (χ1) is 16.2. The van der Waals surface area contributed by atoms with Crippen molar-refractivity contribution in [2.75, 3.05) is 47.4 Å². The van der Waals surface area contributed by atoms with E-state index < -0.39 is 15.9 Å². The fraction of sp³-hybridized carbons (Fsp3) is 0.417. The number of rotatable bonds is 10. The first-order valence-corrected chi connectivity index (χ1v) is 12.6. The monoisotopic (exact) mass is 488 g/mol. The van der Waals surface area contributed by atoms with Crippen LogP contribution in [-0.2, 0) is 14.8 Å². The molecule has 0 radical (unpaired) electrons. The van der Waals surface area contributed by atoms with Crippen molar-refractivity contribution >= 4 is 21.8 Å². The van der Waals surface area contributed by atoms with E-state index in [4.69, 9.17) is 4.74 Å². The van der Waals surface area contributed by atoms with Gasteiger partial charge in [-0.05, 0) is 61.8 Å². The summed E-state index contributed by atoms with van der Waals surface area (Å²) in [5.74, 6) is -0.0570. The number of amides is 2. The van der Waals surface area contributed by atoms with Crippen molar-refractivity contribution in [3.05, 3.63) is 59.7 Å². The maximum absolute atomic E-state index is 12.5. The fourth-order valence-electron chi connectivity index (χ4n) is 3.88. The van der Waals surface area contributed by atoms with Crippen LogP contribution in [0.4, 0.5) is 0 Å². The molecule has 1 saturated heterocycles. The quantitative estimate of drug-likeness (QED) is 0.526. The molecule has 0 aromatic heterocycles. The van der Waals surface area contributed by atoms with Crippen molar-refractivity contribution in [1.29, 1.82) is 0 Å². The van der Waals surface area contributed by atoms with Crippen LogP contribution in [0.5, 0.6) is 5.75 Å². The van der Waals surface area contributed by atoms with Crippen LogP contribution < -0.4 is 15.4 Å². The highest BCUT2D eigenvalue weighted by molar-refractivity contribution is 7.89. The Morgan fingerprint density at radius 1 is 1.06 bits per heavy atom. The number of ether oxygens (including phenoxy) is 1. The zero-order chi connectivity index (χ0) is 24.7. The molecule has 184 valence electrons. The lowest BCUT2D eigenvalue weighted by Crippen LogP contribution is -2.41. The van der Waals surface area contributed by atoms with Gasteiger partial charge in [-0.1, -0.05) is 18.2 Å². The molecule has 0 saturated carbocycles. The summed E-state index contributed by atoms with van der Waals surface area (Å²) in [6.45, 7) is 2.14. The third-order valence-corrected chi connectivity index (χ3v) is 7.67. The largest absolute Gasteiger partial charge is 0.497 e. The van der Waals surface area contributed by atoms with Gasteiger partial charge in [-0.25, -0.2) is 12.7 Å². The van der Waals surface area contributed by atoms with E-state index in [1.54, 1.807) is 7.11 Å². The van der Waals surface area contributed by atoms with Crippen molar-refractivity contribution in [2.24, 2.45) is 0 Å². The van der Waals surface area contributed by atoms with Crippen LogP contribution in [0.2, 0.25) is 0 Å². The molecule has 0 aliphatic carbocycles. The van der Waals surface area contributed by atoms with Crippen molar-refractivity contribution in [3.8, 4) is 5.75 Å². The third-order valence-electron chi connectivity index (χ3n) is 5.86.